The Labute approximate surface area is 134 Å². The molecule has 0 aliphatic carbocycles. The number of carbonyl (C=O) groups excluding carboxylic acids is 1. The number of imidazole rings is 1. The van der Waals surface area contributed by atoms with Gasteiger partial charge in [0.25, 0.3) is 0 Å². The van der Waals surface area contributed by atoms with Crippen molar-refractivity contribution in [1.82, 2.24) is 9.55 Å². The highest BCUT2D eigenvalue weighted by Gasteiger charge is 2.01. The van der Waals surface area contributed by atoms with Crippen LogP contribution in [0.25, 0.3) is 10.8 Å². The normalized spacial score (nSPS) is 10.0. The highest BCUT2D eigenvalue weighted by Crippen LogP contribution is 2.19. The summed E-state index contributed by atoms with van der Waals surface area (Å²) in [6, 6.07) is 11.0. The zero-order chi connectivity index (χ0) is 16.7. The van der Waals surface area contributed by atoms with Crippen molar-refractivity contribution < 1.29 is 13.9 Å². The zero-order valence-corrected chi connectivity index (χ0v) is 13.2. The van der Waals surface area contributed by atoms with Crippen LogP contribution in [-0.4, -0.2) is 22.1 Å². The molecular weight excluding hydrogens is 295 g/mol. The Kier molecular flexibility index (Phi) is 5.86. The van der Waals surface area contributed by atoms with Crippen LogP contribution in [0.4, 0.5) is 4.39 Å². The molecule has 23 heavy (non-hydrogen) atoms. The molecule has 0 spiro atoms. The van der Waals surface area contributed by atoms with E-state index < -0.39 is 0 Å². The summed E-state index contributed by atoms with van der Waals surface area (Å²) in [5.74, 6) is -0.382. The van der Waals surface area contributed by atoms with Gasteiger partial charge in [-0.3, -0.25) is 4.79 Å². The zero-order valence-electron chi connectivity index (χ0n) is 13.2. The lowest BCUT2D eigenvalue weighted by molar-refractivity contribution is -0.140. The molecule has 0 atom stereocenters. The Hall–Kier alpha value is -2.69. The van der Waals surface area contributed by atoms with Crippen LogP contribution in [0, 0.1) is 5.82 Å². The minimum absolute atomic E-state index is 0.171. The van der Waals surface area contributed by atoms with E-state index in [1.54, 1.807) is 25.5 Å². The standard InChI is InChI=1S/C14H11FN2.C4H8O2/c15-14-3-1-2-12-5-4-11(8-13(12)14)9-17-7-6-16-10-17;1-3-6-4(2)5/h1-8,10H,9H2;3H2,1-2H3. The van der Waals surface area contributed by atoms with Crippen molar-refractivity contribution in [2.24, 2.45) is 0 Å². The number of rotatable bonds is 3. The number of ether oxygens (including phenoxy) is 1. The molecule has 0 N–H and O–H groups in total. The van der Waals surface area contributed by atoms with Gasteiger partial charge in [-0.15, -0.1) is 0 Å². The molecule has 4 nitrogen and oxygen atoms in total. The molecule has 0 saturated heterocycles. The van der Waals surface area contributed by atoms with Gasteiger partial charge in [0.1, 0.15) is 5.82 Å². The van der Waals surface area contributed by atoms with Crippen molar-refractivity contribution in [3.8, 4) is 0 Å². The van der Waals surface area contributed by atoms with Gasteiger partial charge in [0.2, 0.25) is 0 Å². The van der Waals surface area contributed by atoms with Crippen molar-refractivity contribution >= 4 is 16.7 Å². The Morgan fingerprint density at radius 1 is 1.30 bits per heavy atom. The lowest BCUT2D eigenvalue weighted by atomic mass is 10.1. The first-order chi connectivity index (χ1) is 11.1. The molecule has 3 aromatic rings. The van der Waals surface area contributed by atoms with Crippen molar-refractivity contribution in [2.45, 2.75) is 20.4 Å². The van der Waals surface area contributed by atoms with E-state index in [-0.39, 0.29) is 11.8 Å². The van der Waals surface area contributed by atoms with Gasteiger partial charge in [-0.05, 0) is 30.0 Å². The van der Waals surface area contributed by atoms with Crippen LogP contribution in [0.1, 0.15) is 19.4 Å². The molecule has 0 unspecified atom stereocenters. The van der Waals surface area contributed by atoms with E-state index in [2.05, 4.69) is 9.72 Å². The van der Waals surface area contributed by atoms with Crippen LogP contribution < -0.4 is 0 Å². The Morgan fingerprint density at radius 3 is 2.74 bits per heavy atom. The summed E-state index contributed by atoms with van der Waals surface area (Å²) in [7, 11) is 0. The number of hydrogen-bond donors (Lipinski definition) is 0. The molecule has 0 fully saturated rings. The van der Waals surface area contributed by atoms with Crippen LogP contribution in [-0.2, 0) is 16.1 Å². The first-order valence-electron chi connectivity index (χ1n) is 7.36. The summed E-state index contributed by atoms with van der Waals surface area (Å²) in [6.07, 6.45) is 5.39. The monoisotopic (exact) mass is 314 g/mol. The van der Waals surface area contributed by atoms with Crippen LogP contribution >= 0.6 is 0 Å². The number of fused-ring (bicyclic) bond motifs is 1. The molecule has 0 saturated carbocycles. The third-order valence-electron chi connectivity index (χ3n) is 3.17. The van der Waals surface area contributed by atoms with Crippen molar-refractivity contribution in [3.63, 3.8) is 0 Å². The average molecular weight is 314 g/mol. The molecule has 2 aromatic carbocycles. The molecule has 3 rings (SSSR count). The van der Waals surface area contributed by atoms with Gasteiger partial charge in [-0.1, -0.05) is 24.3 Å². The SMILES string of the molecule is CCOC(C)=O.Fc1cccc2ccc(Cn3ccnc3)cc12. The summed E-state index contributed by atoms with van der Waals surface area (Å²) >= 11 is 0. The van der Waals surface area contributed by atoms with E-state index in [1.807, 2.05) is 35.0 Å². The van der Waals surface area contributed by atoms with Crippen molar-refractivity contribution in [2.75, 3.05) is 6.61 Å². The highest BCUT2D eigenvalue weighted by molar-refractivity contribution is 5.83. The van der Waals surface area contributed by atoms with Gasteiger partial charge < -0.3 is 9.30 Å². The number of halogens is 1. The topological polar surface area (TPSA) is 44.1 Å². The van der Waals surface area contributed by atoms with Gasteiger partial charge in [-0.2, -0.15) is 0 Å². The lowest BCUT2D eigenvalue weighted by Gasteiger charge is -2.05. The fraction of sp³-hybridized carbons (Fsp3) is 0.222. The number of aromatic nitrogens is 2. The number of hydrogen-bond acceptors (Lipinski definition) is 3. The maximum absolute atomic E-state index is 13.6. The maximum atomic E-state index is 13.6. The fourth-order valence-corrected chi connectivity index (χ4v) is 2.17. The fourth-order valence-electron chi connectivity index (χ4n) is 2.17. The molecule has 0 bridgehead atoms. The summed E-state index contributed by atoms with van der Waals surface area (Å²) in [4.78, 5) is 13.8. The van der Waals surface area contributed by atoms with Gasteiger partial charge in [0.15, 0.2) is 0 Å². The number of carbonyl (C=O) groups is 1. The van der Waals surface area contributed by atoms with E-state index in [1.165, 1.54) is 13.0 Å². The number of nitrogens with zero attached hydrogens (tertiary/aromatic N) is 2. The van der Waals surface area contributed by atoms with Crippen molar-refractivity contribution in [1.29, 1.82) is 0 Å². The molecule has 120 valence electrons. The minimum Gasteiger partial charge on any atom is -0.466 e. The van der Waals surface area contributed by atoms with Gasteiger partial charge in [-0.25, -0.2) is 9.37 Å². The quantitative estimate of drug-likeness (QED) is 0.691. The third-order valence-corrected chi connectivity index (χ3v) is 3.17. The Morgan fingerprint density at radius 2 is 2.13 bits per heavy atom. The Balaban J connectivity index is 0.000000277. The van der Waals surface area contributed by atoms with E-state index in [9.17, 15) is 9.18 Å². The molecule has 0 amide bonds. The van der Waals surface area contributed by atoms with E-state index in [0.717, 1.165) is 10.9 Å². The average Bonchev–Trinajstić information content (AvgIpc) is 3.02. The molecule has 1 heterocycles. The summed E-state index contributed by atoms with van der Waals surface area (Å²) in [5, 5.41) is 1.60. The smallest absolute Gasteiger partial charge is 0.302 e. The number of benzene rings is 2. The van der Waals surface area contributed by atoms with Gasteiger partial charge >= 0.3 is 5.97 Å². The number of esters is 1. The first kappa shape index (κ1) is 16.7. The van der Waals surface area contributed by atoms with Crippen molar-refractivity contribution in [3.05, 3.63) is 66.5 Å². The second-order valence-corrected chi connectivity index (χ2v) is 4.95. The minimum atomic E-state index is -0.211. The first-order valence-corrected chi connectivity index (χ1v) is 7.36. The molecule has 0 aliphatic rings. The second kappa shape index (κ2) is 8.08. The summed E-state index contributed by atoms with van der Waals surface area (Å²) in [5.41, 5.74) is 1.07. The predicted octanol–water partition coefficient (Wildman–Crippen LogP) is 3.79. The third kappa shape index (κ3) is 4.92. The van der Waals surface area contributed by atoms with E-state index >= 15 is 0 Å². The largest absolute Gasteiger partial charge is 0.466 e. The maximum Gasteiger partial charge on any atom is 0.302 e. The lowest BCUT2D eigenvalue weighted by Crippen LogP contribution is -1.96. The van der Waals surface area contributed by atoms with E-state index in [4.69, 9.17) is 0 Å². The summed E-state index contributed by atoms with van der Waals surface area (Å²) < 4.78 is 20.0. The van der Waals surface area contributed by atoms with E-state index in [0.29, 0.717) is 18.5 Å². The van der Waals surface area contributed by atoms with Crippen LogP contribution in [0.5, 0.6) is 0 Å². The van der Waals surface area contributed by atoms with Crippen LogP contribution in [0.15, 0.2) is 55.1 Å². The summed E-state index contributed by atoms with van der Waals surface area (Å²) in [6.45, 7) is 4.37. The predicted molar refractivity (Wildman–Crippen MR) is 87.5 cm³/mol. The Bertz CT molecular complexity index is 770. The van der Waals surface area contributed by atoms with Gasteiger partial charge in [0.05, 0.1) is 12.9 Å². The van der Waals surface area contributed by atoms with Gasteiger partial charge in [0, 0.05) is 31.2 Å². The second-order valence-electron chi connectivity index (χ2n) is 4.95. The molecule has 1 aromatic heterocycles. The molecule has 0 aliphatic heterocycles. The molecule has 5 heteroatoms. The molecular formula is C18H19FN2O2. The highest BCUT2D eigenvalue weighted by atomic mass is 19.1. The van der Waals surface area contributed by atoms with Crippen LogP contribution in [0.2, 0.25) is 0 Å². The molecule has 0 radical (unpaired) electrons. The van der Waals surface area contributed by atoms with Crippen LogP contribution in [0.3, 0.4) is 0 Å².